The van der Waals surface area contributed by atoms with Gasteiger partial charge in [-0.2, -0.15) is 0 Å². The summed E-state index contributed by atoms with van der Waals surface area (Å²) in [7, 11) is 0. The van der Waals surface area contributed by atoms with Crippen LogP contribution in [0, 0.1) is 0 Å². The van der Waals surface area contributed by atoms with Crippen molar-refractivity contribution in [3.8, 4) is 0 Å². The van der Waals surface area contributed by atoms with Crippen LogP contribution in [0.3, 0.4) is 0 Å². The predicted octanol–water partition coefficient (Wildman–Crippen LogP) is 4.18. The maximum Gasteiger partial charge on any atom is 0.339 e. The van der Waals surface area contributed by atoms with Crippen molar-refractivity contribution in [2.75, 3.05) is 13.2 Å². The fourth-order valence-corrected chi connectivity index (χ4v) is 4.83. The number of rotatable bonds is 6. The van der Waals surface area contributed by atoms with E-state index in [0.717, 1.165) is 22.6 Å². The first kappa shape index (κ1) is 19.7. The van der Waals surface area contributed by atoms with Crippen LogP contribution in [0.15, 0.2) is 64.3 Å². The van der Waals surface area contributed by atoms with Crippen LogP contribution in [0.2, 0.25) is 0 Å². The van der Waals surface area contributed by atoms with Crippen LogP contribution >= 0.6 is 23.1 Å². The van der Waals surface area contributed by atoms with Gasteiger partial charge in [-0.1, -0.05) is 36.4 Å². The molecule has 3 aromatic rings. The largest absolute Gasteiger partial charge is 0.452 e. The lowest BCUT2D eigenvalue weighted by Gasteiger charge is -2.28. The van der Waals surface area contributed by atoms with Crippen molar-refractivity contribution in [3.63, 3.8) is 0 Å². The number of ether oxygens (including phenoxy) is 1. The third-order valence-electron chi connectivity index (χ3n) is 4.78. The summed E-state index contributed by atoms with van der Waals surface area (Å²) in [5.41, 5.74) is 5.68. The zero-order valence-electron chi connectivity index (χ0n) is 15.7. The first-order valence-electron chi connectivity index (χ1n) is 9.31. The number of benzene rings is 2. The second-order valence-corrected chi connectivity index (χ2v) is 8.41. The number of nitrogens with zero attached hydrogens (tertiary/aromatic N) is 2. The summed E-state index contributed by atoms with van der Waals surface area (Å²) < 4.78 is 5.35. The van der Waals surface area contributed by atoms with Gasteiger partial charge in [-0.25, -0.2) is 9.78 Å². The highest BCUT2D eigenvalue weighted by molar-refractivity contribution is 7.98. The summed E-state index contributed by atoms with van der Waals surface area (Å²) in [5.74, 6) is 0.0394. The van der Waals surface area contributed by atoms with E-state index in [1.807, 2.05) is 35.7 Å². The van der Waals surface area contributed by atoms with E-state index in [2.05, 4.69) is 11.1 Å². The van der Waals surface area contributed by atoms with Gasteiger partial charge in [-0.05, 0) is 29.7 Å². The van der Waals surface area contributed by atoms with Crippen LogP contribution in [-0.4, -0.2) is 34.9 Å². The SMILES string of the molecule is O=C(OCC(=O)N1CCc2ccccc2C1)c1ccccc1SCc1cscn1. The number of carbonyl (C=O) groups is 2. The second kappa shape index (κ2) is 9.24. The number of esters is 1. The Morgan fingerprint density at radius 1 is 1.10 bits per heavy atom. The molecule has 1 amide bonds. The molecule has 0 unspecified atom stereocenters. The lowest BCUT2D eigenvalue weighted by molar-refractivity contribution is -0.135. The molecule has 148 valence electrons. The van der Waals surface area contributed by atoms with Crippen LogP contribution in [0.25, 0.3) is 0 Å². The molecule has 5 nitrogen and oxygen atoms in total. The third kappa shape index (κ3) is 4.86. The Kier molecular flexibility index (Phi) is 6.27. The number of carbonyl (C=O) groups excluding carboxylic acids is 2. The molecule has 29 heavy (non-hydrogen) atoms. The first-order valence-corrected chi connectivity index (χ1v) is 11.2. The molecular formula is C22H20N2O3S2. The van der Waals surface area contributed by atoms with E-state index in [9.17, 15) is 9.59 Å². The molecule has 0 fully saturated rings. The highest BCUT2D eigenvalue weighted by Crippen LogP contribution is 2.27. The van der Waals surface area contributed by atoms with Gasteiger partial charge in [0.05, 0.1) is 16.8 Å². The van der Waals surface area contributed by atoms with Crippen molar-refractivity contribution in [2.24, 2.45) is 0 Å². The summed E-state index contributed by atoms with van der Waals surface area (Å²) in [4.78, 5) is 32.0. The van der Waals surface area contributed by atoms with Crippen molar-refractivity contribution in [3.05, 3.63) is 81.8 Å². The fourth-order valence-electron chi connectivity index (χ4n) is 3.23. The Morgan fingerprint density at radius 2 is 1.90 bits per heavy atom. The van der Waals surface area contributed by atoms with Crippen molar-refractivity contribution >= 4 is 35.0 Å². The molecule has 0 aliphatic carbocycles. The van der Waals surface area contributed by atoms with Crippen molar-refractivity contribution in [1.82, 2.24) is 9.88 Å². The molecule has 2 aromatic carbocycles. The standard InChI is InChI=1S/C22H20N2O3S2/c25-21(24-10-9-16-5-1-2-6-17(16)11-24)12-27-22(26)19-7-3-4-8-20(19)29-14-18-13-28-15-23-18/h1-8,13,15H,9-12,14H2. The minimum atomic E-state index is -0.475. The number of fused-ring (bicyclic) bond motifs is 1. The quantitative estimate of drug-likeness (QED) is 0.439. The van der Waals surface area contributed by atoms with E-state index in [-0.39, 0.29) is 12.5 Å². The van der Waals surface area contributed by atoms with Gasteiger partial charge < -0.3 is 9.64 Å². The first-order chi connectivity index (χ1) is 14.2. The minimum Gasteiger partial charge on any atom is -0.452 e. The summed E-state index contributed by atoms with van der Waals surface area (Å²) in [6.07, 6.45) is 0.825. The van der Waals surface area contributed by atoms with E-state index in [1.165, 1.54) is 17.3 Å². The molecule has 0 radical (unpaired) electrons. The Bertz CT molecular complexity index is 1000. The Morgan fingerprint density at radius 3 is 2.72 bits per heavy atom. The molecule has 1 aliphatic heterocycles. The van der Waals surface area contributed by atoms with E-state index in [1.54, 1.807) is 33.9 Å². The number of thiazole rings is 1. The predicted molar refractivity (Wildman–Crippen MR) is 114 cm³/mol. The van der Waals surface area contributed by atoms with Gasteiger partial charge in [0.2, 0.25) is 0 Å². The number of hydrogen-bond acceptors (Lipinski definition) is 6. The van der Waals surface area contributed by atoms with Gasteiger partial charge in [0, 0.05) is 29.1 Å². The van der Waals surface area contributed by atoms with Crippen molar-refractivity contribution in [2.45, 2.75) is 23.6 Å². The lowest BCUT2D eigenvalue weighted by atomic mass is 10.00. The Hall–Kier alpha value is -2.64. The molecule has 0 atom stereocenters. The van der Waals surface area contributed by atoms with Crippen LogP contribution in [0.1, 0.15) is 27.2 Å². The number of hydrogen-bond donors (Lipinski definition) is 0. The molecular weight excluding hydrogens is 404 g/mol. The topological polar surface area (TPSA) is 59.5 Å². The zero-order chi connectivity index (χ0) is 20.1. The number of thioether (sulfide) groups is 1. The van der Waals surface area contributed by atoms with Gasteiger partial charge >= 0.3 is 5.97 Å². The monoisotopic (exact) mass is 424 g/mol. The molecule has 0 spiro atoms. The second-order valence-electron chi connectivity index (χ2n) is 6.67. The van der Waals surface area contributed by atoms with E-state index in [0.29, 0.717) is 24.4 Å². The molecule has 0 saturated heterocycles. The lowest BCUT2D eigenvalue weighted by Crippen LogP contribution is -2.38. The van der Waals surface area contributed by atoms with E-state index < -0.39 is 5.97 Å². The molecule has 2 heterocycles. The minimum absolute atomic E-state index is 0.166. The normalized spacial score (nSPS) is 13.0. The molecule has 7 heteroatoms. The number of amides is 1. The van der Waals surface area contributed by atoms with Gasteiger partial charge in [0.1, 0.15) is 0 Å². The molecule has 0 bridgehead atoms. The van der Waals surface area contributed by atoms with Gasteiger partial charge in [0.25, 0.3) is 5.91 Å². The zero-order valence-corrected chi connectivity index (χ0v) is 17.4. The van der Waals surface area contributed by atoms with Crippen LogP contribution in [0.5, 0.6) is 0 Å². The third-order valence-corrected chi connectivity index (χ3v) is 6.52. The molecule has 1 aromatic heterocycles. The summed E-state index contributed by atoms with van der Waals surface area (Å²) >= 11 is 3.08. The average Bonchev–Trinajstić information content (AvgIpc) is 3.29. The van der Waals surface area contributed by atoms with Gasteiger partial charge in [-0.15, -0.1) is 23.1 Å². The van der Waals surface area contributed by atoms with Gasteiger partial charge in [-0.3, -0.25) is 4.79 Å². The average molecular weight is 425 g/mol. The van der Waals surface area contributed by atoms with E-state index in [4.69, 9.17) is 4.74 Å². The van der Waals surface area contributed by atoms with E-state index >= 15 is 0 Å². The summed E-state index contributed by atoms with van der Waals surface area (Å²) in [5, 5.41) is 1.99. The highest BCUT2D eigenvalue weighted by atomic mass is 32.2. The van der Waals surface area contributed by atoms with Crippen LogP contribution in [0.4, 0.5) is 0 Å². The summed E-state index contributed by atoms with van der Waals surface area (Å²) in [6.45, 7) is 0.964. The number of aromatic nitrogens is 1. The maximum absolute atomic E-state index is 12.6. The Balaban J connectivity index is 1.34. The summed E-state index contributed by atoms with van der Waals surface area (Å²) in [6, 6.07) is 15.4. The van der Waals surface area contributed by atoms with Crippen LogP contribution < -0.4 is 0 Å². The van der Waals surface area contributed by atoms with Crippen LogP contribution in [-0.2, 0) is 28.2 Å². The smallest absolute Gasteiger partial charge is 0.339 e. The molecule has 4 rings (SSSR count). The van der Waals surface area contributed by atoms with Gasteiger partial charge in [0.15, 0.2) is 6.61 Å². The fraction of sp³-hybridized carbons (Fsp3) is 0.227. The maximum atomic E-state index is 12.6. The molecule has 0 N–H and O–H groups in total. The van der Waals surface area contributed by atoms with Crippen molar-refractivity contribution < 1.29 is 14.3 Å². The Labute approximate surface area is 177 Å². The molecule has 1 aliphatic rings. The van der Waals surface area contributed by atoms with Crippen molar-refractivity contribution in [1.29, 1.82) is 0 Å². The molecule has 0 saturated carbocycles. The highest BCUT2D eigenvalue weighted by Gasteiger charge is 2.22.